The molecule has 0 spiro atoms. The van der Waals surface area contributed by atoms with E-state index in [4.69, 9.17) is 22.1 Å². The predicted octanol–water partition coefficient (Wildman–Crippen LogP) is 3.27. The molecule has 0 aromatic heterocycles. The van der Waals surface area contributed by atoms with Crippen molar-refractivity contribution >= 4 is 29.2 Å². The van der Waals surface area contributed by atoms with Crippen LogP contribution in [0.3, 0.4) is 0 Å². The van der Waals surface area contributed by atoms with Gasteiger partial charge >= 0.3 is 0 Å². The van der Waals surface area contributed by atoms with E-state index in [1.807, 2.05) is 0 Å². The van der Waals surface area contributed by atoms with Crippen LogP contribution in [0.25, 0.3) is 0 Å². The maximum absolute atomic E-state index is 13.4. The number of ketones is 1. The molecule has 0 aliphatic heterocycles. The minimum Gasteiger partial charge on any atom is -0.484 e. The normalized spacial score (nSPS) is 23.7. The lowest BCUT2D eigenvalue weighted by atomic mass is 9.38. The Balaban J connectivity index is 1.27. The van der Waals surface area contributed by atoms with Crippen molar-refractivity contribution in [1.29, 1.82) is 0 Å². The minimum atomic E-state index is -0.624. The number of ether oxygens (including phenoxy) is 1. The van der Waals surface area contributed by atoms with Gasteiger partial charge in [-0.1, -0.05) is 29.8 Å². The molecule has 2 bridgehead atoms. The fourth-order valence-corrected chi connectivity index (χ4v) is 4.86. The Bertz CT molecular complexity index is 1040. The van der Waals surface area contributed by atoms with Crippen molar-refractivity contribution < 1.29 is 23.5 Å². The van der Waals surface area contributed by atoms with E-state index < -0.39 is 11.7 Å². The molecule has 0 unspecified atom stereocenters. The van der Waals surface area contributed by atoms with Crippen molar-refractivity contribution in [3.63, 3.8) is 0 Å². The van der Waals surface area contributed by atoms with E-state index in [-0.39, 0.29) is 45.6 Å². The number of rotatable bonds is 8. The minimum absolute atomic E-state index is 0.0148. The Morgan fingerprint density at radius 3 is 2.40 bits per heavy atom. The number of hydrogen-bond donors (Lipinski definition) is 2. The van der Waals surface area contributed by atoms with Crippen molar-refractivity contribution in [3.05, 3.63) is 64.4 Å². The van der Waals surface area contributed by atoms with Gasteiger partial charge in [-0.15, -0.1) is 0 Å². The molecule has 2 aromatic carbocycles. The summed E-state index contributed by atoms with van der Waals surface area (Å²) < 4.78 is 18.7. The molecule has 3 saturated carbocycles. The van der Waals surface area contributed by atoms with Gasteiger partial charge in [-0.25, -0.2) is 4.39 Å². The van der Waals surface area contributed by atoms with E-state index in [9.17, 15) is 18.8 Å². The number of nitrogens with two attached hydrogens (primary N) is 1. The molecule has 2 aromatic rings. The zero-order chi connectivity index (χ0) is 21.5. The van der Waals surface area contributed by atoms with Gasteiger partial charge in [-0.2, -0.15) is 0 Å². The average molecular weight is 431 g/mol. The van der Waals surface area contributed by atoms with E-state index in [0.29, 0.717) is 31.2 Å². The van der Waals surface area contributed by atoms with Gasteiger partial charge in [0.25, 0.3) is 5.91 Å². The molecular weight excluding hydrogens is 411 g/mol. The van der Waals surface area contributed by atoms with Gasteiger partial charge in [-0.3, -0.25) is 14.4 Å². The van der Waals surface area contributed by atoms with Crippen LogP contribution in [0.4, 0.5) is 4.39 Å². The molecule has 5 rings (SSSR count). The van der Waals surface area contributed by atoms with Crippen LogP contribution in [0.2, 0.25) is 5.02 Å². The monoisotopic (exact) mass is 430 g/mol. The van der Waals surface area contributed by atoms with Gasteiger partial charge in [0, 0.05) is 29.2 Å². The average Bonchev–Trinajstić information content (AvgIpc) is 2.66. The van der Waals surface area contributed by atoms with Crippen LogP contribution >= 0.6 is 11.6 Å². The maximum atomic E-state index is 13.4. The highest BCUT2D eigenvalue weighted by Crippen LogP contribution is 2.69. The predicted molar refractivity (Wildman–Crippen MR) is 108 cm³/mol. The molecule has 3 N–H and O–H groups in total. The van der Waals surface area contributed by atoms with Crippen LogP contribution in [-0.2, 0) is 4.79 Å². The second kappa shape index (κ2) is 7.40. The van der Waals surface area contributed by atoms with Gasteiger partial charge in [0.05, 0.1) is 5.02 Å². The summed E-state index contributed by atoms with van der Waals surface area (Å²) in [5.74, 6) is -1.43. The molecule has 3 aliphatic carbocycles. The lowest BCUT2D eigenvalue weighted by molar-refractivity contribution is -0.164. The van der Waals surface area contributed by atoms with Crippen LogP contribution in [0.5, 0.6) is 5.75 Å². The Hall–Kier alpha value is -2.93. The highest BCUT2D eigenvalue weighted by atomic mass is 35.5. The van der Waals surface area contributed by atoms with Crippen LogP contribution in [-0.4, -0.2) is 29.7 Å². The van der Waals surface area contributed by atoms with E-state index in [1.165, 1.54) is 12.1 Å². The molecule has 3 fully saturated rings. The largest absolute Gasteiger partial charge is 0.484 e. The molecule has 30 heavy (non-hydrogen) atoms. The summed E-state index contributed by atoms with van der Waals surface area (Å²) >= 11 is 5.62. The number of primary amides is 1. The van der Waals surface area contributed by atoms with Gasteiger partial charge in [0.15, 0.2) is 12.4 Å². The first-order valence-corrected chi connectivity index (χ1v) is 9.90. The Morgan fingerprint density at radius 1 is 1.10 bits per heavy atom. The number of carbonyl (C=O) groups is 3. The number of hydrogen-bond acceptors (Lipinski definition) is 4. The third kappa shape index (κ3) is 3.77. The van der Waals surface area contributed by atoms with E-state index >= 15 is 0 Å². The summed E-state index contributed by atoms with van der Waals surface area (Å²) in [6, 6.07) is 10.5. The zero-order valence-corrected chi connectivity index (χ0v) is 16.8. The van der Waals surface area contributed by atoms with Crippen molar-refractivity contribution in [2.45, 2.75) is 31.2 Å². The van der Waals surface area contributed by atoms with Crippen molar-refractivity contribution in [2.75, 3.05) is 6.61 Å². The van der Waals surface area contributed by atoms with Gasteiger partial charge < -0.3 is 15.8 Å². The number of amides is 2. The van der Waals surface area contributed by atoms with Crippen molar-refractivity contribution in [1.82, 2.24) is 5.32 Å². The van der Waals surface area contributed by atoms with Gasteiger partial charge in [0.2, 0.25) is 5.91 Å². The molecule has 0 atom stereocenters. The summed E-state index contributed by atoms with van der Waals surface area (Å²) in [6.45, 7) is -0.235. The fourth-order valence-electron chi connectivity index (χ4n) is 4.74. The Morgan fingerprint density at radius 2 is 1.77 bits per heavy atom. The topological polar surface area (TPSA) is 98.5 Å². The van der Waals surface area contributed by atoms with E-state index in [0.717, 1.165) is 6.07 Å². The number of benzene rings is 2. The highest BCUT2D eigenvalue weighted by Gasteiger charge is 2.68. The van der Waals surface area contributed by atoms with Crippen molar-refractivity contribution in [2.24, 2.45) is 11.1 Å². The van der Waals surface area contributed by atoms with Crippen LogP contribution in [0.15, 0.2) is 42.5 Å². The van der Waals surface area contributed by atoms with E-state index in [2.05, 4.69) is 5.32 Å². The first-order chi connectivity index (χ1) is 14.2. The summed E-state index contributed by atoms with van der Waals surface area (Å²) in [5, 5.41) is 2.94. The highest BCUT2D eigenvalue weighted by molar-refractivity contribution is 6.30. The first kappa shape index (κ1) is 20.3. The van der Waals surface area contributed by atoms with Gasteiger partial charge in [-0.05, 0) is 42.9 Å². The maximum Gasteiger partial charge on any atom is 0.258 e. The van der Waals surface area contributed by atoms with Crippen LogP contribution in [0, 0.1) is 11.2 Å². The smallest absolute Gasteiger partial charge is 0.258 e. The first-order valence-electron chi connectivity index (χ1n) is 9.52. The SMILES string of the molecule is NC(=O)c1ccccc1C(=O)CC12CC(NC(=O)COc3ccc(Cl)c(F)c3)(C1)C2. The summed E-state index contributed by atoms with van der Waals surface area (Å²) in [4.78, 5) is 36.4. The summed E-state index contributed by atoms with van der Waals surface area (Å²) in [5.41, 5.74) is 5.48. The van der Waals surface area contributed by atoms with Gasteiger partial charge in [0.1, 0.15) is 11.6 Å². The lowest BCUT2D eigenvalue weighted by Gasteiger charge is -2.70. The molecule has 0 radical (unpaired) electrons. The molecular formula is C22H20ClFN2O4. The lowest BCUT2D eigenvalue weighted by Crippen LogP contribution is -2.75. The second-order valence-corrected chi connectivity index (χ2v) is 8.64. The fraction of sp³-hybridized carbons (Fsp3) is 0.318. The summed E-state index contributed by atoms with van der Waals surface area (Å²) in [7, 11) is 0. The molecule has 2 amide bonds. The van der Waals surface area contributed by atoms with E-state index in [1.54, 1.807) is 24.3 Å². The standard InChI is InChI=1S/C22H20ClFN2O4/c23-16-6-5-13(7-17(16)24)30-9-19(28)26-22-10-21(11-22,12-22)8-18(27)14-3-1-2-4-15(14)20(25)29/h1-7H,8-12H2,(H2,25,29)(H,26,28). The van der Waals surface area contributed by atoms with Crippen LogP contribution in [0.1, 0.15) is 46.4 Å². The van der Waals surface area contributed by atoms with Crippen molar-refractivity contribution in [3.8, 4) is 5.75 Å². The quantitative estimate of drug-likeness (QED) is 0.628. The third-order valence-corrected chi connectivity index (χ3v) is 6.14. The van der Waals surface area contributed by atoms with Crippen LogP contribution < -0.4 is 15.8 Å². The second-order valence-electron chi connectivity index (χ2n) is 8.23. The molecule has 6 nitrogen and oxygen atoms in total. The molecule has 0 saturated heterocycles. The third-order valence-electron chi connectivity index (χ3n) is 5.83. The zero-order valence-electron chi connectivity index (χ0n) is 16.0. The number of nitrogens with one attached hydrogen (secondary N) is 1. The molecule has 8 heteroatoms. The Kier molecular flexibility index (Phi) is 5.02. The summed E-state index contributed by atoms with van der Waals surface area (Å²) in [6.07, 6.45) is 2.42. The Labute approximate surface area is 177 Å². The molecule has 0 heterocycles. The number of Topliss-reactive ketones (excluding diaryl/α,β-unsaturated/α-hetero) is 1. The number of carbonyl (C=O) groups excluding carboxylic acids is 3. The number of halogens is 2. The molecule has 156 valence electrons. The molecule has 3 aliphatic rings.